The summed E-state index contributed by atoms with van der Waals surface area (Å²) in [6.07, 6.45) is 4.41. The number of halogens is 1. The van der Waals surface area contributed by atoms with Crippen molar-refractivity contribution in [3.8, 4) is 0 Å². The standard InChI is InChI=1S/C11H15ClN2OS/c12-10-8(6-13)3-4-14-11(10)16-7-9-2-1-5-15-9/h3-4,9H,1-2,5-7,13H2. The summed E-state index contributed by atoms with van der Waals surface area (Å²) in [6.45, 7) is 1.34. The number of hydrogen-bond donors (Lipinski definition) is 1. The SMILES string of the molecule is NCc1ccnc(SCC2CCCO2)c1Cl. The number of ether oxygens (including phenoxy) is 1. The van der Waals surface area contributed by atoms with Crippen molar-refractivity contribution < 1.29 is 4.74 Å². The highest BCUT2D eigenvalue weighted by Gasteiger charge is 2.17. The van der Waals surface area contributed by atoms with Gasteiger partial charge in [-0.2, -0.15) is 0 Å². The molecule has 0 spiro atoms. The van der Waals surface area contributed by atoms with Gasteiger partial charge in [0.25, 0.3) is 0 Å². The Labute approximate surface area is 105 Å². The maximum absolute atomic E-state index is 6.19. The van der Waals surface area contributed by atoms with Crippen molar-refractivity contribution in [1.29, 1.82) is 0 Å². The molecule has 88 valence electrons. The van der Waals surface area contributed by atoms with Gasteiger partial charge in [0.2, 0.25) is 0 Å². The maximum Gasteiger partial charge on any atom is 0.115 e. The molecule has 3 nitrogen and oxygen atoms in total. The first-order valence-electron chi connectivity index (χ1n) is 5.39. The Hall–Kier alpha value is -0.290. The third kappa shape index (κ3) is 2.88. The molecule has 2 heterocycles. The van der Waals surface area contributed by atoms with Gasteiger partial charge in [0.05, 0.1) is 11.1 Å². The van der Waals surface area contributed by atoms with Crippen molar-refractivity contribution >= 4 is 23.4 Å². The van der Waals surface area contributed by atoms with E-state index in [0.717, 1.165) is 35.8 Å². The fraction of sp³-hybridized carbons (Fsp3) is 0.545. The van der Waals surface area contributed by atoms with Crippen LogP contribution in [0.1, 0.15) is 18.4 Å². The maximum atomic E-state index is 6.19. The molecule has 2 rings (SSSR count). The van der Waals surface area contributed by atoms with Crippen LogP contribution >= 0.6 is 23.4 Å². The van der Waals surface area contributed by atoms with Crippen LogP contribution in [0.3, 0.4) is 0 Å². The van der Waals surface area contributed by atoms with Gasteiger partial charge < -0.3 is 10.5 Å². The molecule has 0 amide bonds. The van der Waals surface area contributed by atoms with E-state index >= 15 is 0 Å². The molecule has 16 heavy (non-hydrogen) atoms. The highest BCUT2D eigenvalue weighted by molar-refractivity contribution is 7.99. The summed E-state index contributed by atoms with van der Waals surface area (Å²) in [6, 6.07) is 1.86. The van der Waals surface area contributed by atoms with Crippen LogP contribution in [-0.2, 0) is 11.3 Å². The van der Waals surface area contributed by atoms with Gasteiger partial charge in [0.15, 0.2) is 0 Å². The normalized spacial score (nSPS) is 20.2. The number of pyridine rings is 1. The summed E-state index contributed by atoms with van der Waals surface area (Å²) in [5, 5.41) is 1.55. The van der Waals surface area contributed by atoms with E-state index < -0.39 is 0 Å². The minimum Gasteiger partial charge on any atom is -0.377 e. The number of rotatable bonds is 4. The quantitative estimate of drug-likeness (QED) is 0.843. The first-order valence-corrected chi connectivity index (χ1v) is 6.75. The van der Waals surface area contributed by atoms with E-state index in [2.05, 4.69) is 4.98 Å². The van der Waals surface area contributed by atoms with Crippen LogP contribution in [0.15, 0.2) is 17.3 Å². The molecule has 0 aromatic carbocycles. The van der Waals surface area contributed by atoms with Crippen molar-refractivity contribution in [2.24, 2.45) is 5.73 Å². The second-order valence-electron chi connectivity index (χ2n) is 3.74. The minimum atomic E-state index is 0.351. The van der Waals surface area contributed by atoms with Crippen LogP contribution in [0.2, 0.25) is 5.02 Å². The van der Waals surface area contributed by atoms with E-state index in [9.17, 15) is 0 Å². The zero-order valence-electron chi connectivity index (χ0n) is 8.99. The molecule has 1 fully saturated rings. The molecule has 0 aliphatic carbocycles. The van der Waals surface area contributed by atoms with Crippen molar-refractivity contribution in [3.05, 3.63) is 22.8 Å². The molecule has 1 aliphatic rings. The lowest BCUT2D eigenvalue weighted by atomic mass is 10.3. The summed E-state index contributed by atoms with van der Waals surface area (Å²) in [7, 11) is 0. The summed E-state index contributed by atoms with van der Waals surface area (Å²) >= 11 is 7.84. The fourth-order valence-corrected chi connectivity index (χ4v) is 3.02. The van der Waals surface area contributed by atoms with Crippen LogP contribution in [0.4, 0.5) is 0 Å². The van der Waals surface area contributed by atoms with E-state index in [-0.39, 0.29) is 0 Å². The topological polar surface area (TPSA) is 48.1 Å². The zero-order chi connectivity index (χ0) is 11.4. The van der Waals surface area contributed by atoms with Crippen LogP contribution < -0.4 is 5.73 Å². The summed E-state index contributed by atoms with van der Waals surface area (Å²) in [5.74, 6) is 0.917. The first kappa shape index (κ1) is 12.2. The number of aromatic nitrogens is 1. The summed E-state index contributed by atoms with van der Waals surface area (Å²) < 4.78 is 5.55. The van der Waals surface area contributed by atoms with Crippen LogP contribution in [0, 0.1) is 0 Å². The van der Waals surface area contributed by atoms with Crippen molar-refractivity contribution in [2.45, 2.75) is 30.5 Å². The zero-order valence-corrected chi connectivity index (χ0v) is 10.6. The molecular formula is C11H15ClN2OS. The average molecular weight is 259 g/mol. The molecule has 1 saturated heterocycles. The monoisotopic (exact) mass is 258 g/mol. The lowest BCUT2D eigenvalue weighted by molar-refractivity contribution is 0.129. The Morgan fingerprint density at radius 1 is 1.62 bits per heavy atom. The van der Waals surface area contributed by atoms with E-state index in [4.69, 9.17) is 22.1 Å². The van der Waals surface area contributed by atoms with Gasteiger partial charge in [0, 0.05) is 25.1 Å². The second kappa shape index (κ2) is 5.87. The van der Waals surface area contributed by atoms with Crippen molar-refractivity contribution in [1.82, 2.24) is 4.98 Å². The van der Waals surface area contributed by atoms with Crippen molar-refractivity contribution in [3.63, 3.8) is 0 Å². The van der Waals surface area contributed by atoms with Crippen LogP contribution in [-0.4, -0.2) is 23.4 Å². The fourth-order valence-electron chi connectivity index (χ4n) is 1.67. The Morgan fingerprint density at radius 3 is 3.19 bits per heavy atom. The third-order valence-corrected chi connectivity index (χ3v) is 4.24. The van der Waals surface area contributed by atoms with Crippen molar-refractivity contribution in [2.75, 3.05) is 12.4 Å². The van der Waals surface area contributed by atoms with Gasteiger partial charge >= 0.3 is 0 Å². The minimum absolute atomic E-state index is 0.351. The van der Waals surface area contributed by atoms with E-state index in [0.29, 0.717) is 17.7 Å². The predicted molar refractivity (Wildman–Crippen MR) is 66.8 cm³/mol. The van der Waals surface area contributed by atoms with Gasteiger partial charge in [-0.25, -0.2) is 4.98 Å². The average Bonchev–Trinajstić information content (AvgIpc) is 2.81. The molecular weight excluding hydrogens is 244 g/mol. The highest BCUT2D eigenvalue weighted by atomic mass is 35.5. The van der Waals surface area contributed by atoms with Gasteiger partial charge in [-0.1, -0.05) is 11.6 Å². The van der Waals surface area contributed by atoms with Crippen LogP contribution in [0.25, 0.3) is 0 Å². The molecule has 0 bridgehead atoms. The van der Waals surface area contributed by atoms with Gasteiger partial charge in [0.1, 0.15) is 5.03 Å². The predicted octanol–water partition coefficient (Wildman–Crippen LogP) is 2.46. The molecule has 1 atom stereocenters. The molecule has 1 unspecified atom stereocenters. The summed E-state index contributed by atoms with van der Waals surface area (Å²) in [4.78, 5) is 4.27. The van der Waals surface area contributed by atoms with Crippen LogP contribution in [0.5, 0.6) is 0 Å². The molecule has 1 aliphatic heterocycles. The Bertz CT molecular complexity index is 356. The Morgan fingerprint density at radius 2 is 2.50 bits per heavy atom. The van der Waals surface area contributed by atoms with Gasteiger partial charge in [-0.15, -0.1) is 11.8 Å². The second-order valence-corrected chi connectivity index (χ2v) is 5.13. The van der Waals surface area contributed by atoms with E-state index in [1.165, 1.54) is 0 Å². The highest BCUT2D eigenvalue weighted by Crippen LogP contribution is 2.29. The smallest absolute Gasteiger partial charge is 0.115 e. The Balaban J connectivity index is 1.97. The van der Waals surface area contributed by atoms with E-state index in [1.807, 2.05) is 6.07 Å². The number of thioether (sulfide) groups is 1. The molecule has 0 saturated carbocycles. The molecule has 1 aromatic rings. The molecule has 1 aromatic heterocycles. The molecule has 0 radical (unpaired) electrons. The number of hydrogen-bond acceptors (Lipinski definition) is 4. The Kier molecular flexibility index (Phi) is 4.46. The number of nitrogens with two attached hydrogens (primary N) is 1. The van der Waals surface area contributed by atoms with Gasteiger partial charge in [-0.3, -0.25) is 0 Å². The van der Waals surface area contributed by atoms with Gasteiger partial charge in [-0.05, 0) is 24.5 Å². The lowest BCUT2D eigenvalue weighted by Gasteiger charge is -2.10. The first-order chi connectivity index (χ1) is 7.81. The molecule has 2 N–H and O–H groups in total. The summed E-state index contributed by atoms with van der Waals surface area (Å²) in [5.41, 5.74) is 6.54. The third-order valence-electron chi connectivity index (χ3n) is 2.59. The van der Waals surface area contributed by atoms with E-state index in [1.54, 1.807) is 18.0 Å². The number of nitrogens with zero attached hydrogens (tertiary/aromatic N) is 1. The molecule has 5 heteroatoms. The lowest BCUT2D eigenvalue weighted by Crippen LogP contribution is -2.08. The largest absolute Gasteiger partial charge is 0.377 e.